The third-order valence-electron chi connectivity index (χ3n) is 3.34. The SMILES string of the molecule is CN/C(=C\SCl)C1(CN)CCN(C)CC1. The van der Waals surface area contributed by atoms with E-state index in [4.69, 9.17) is 16.4 Å². The van der Waals surface area contributed by atoms with Crippen molar-refractivity contribution in [3.05, 3.63) is 11.1 Å². The van der Waals surface area contributed by atoms with Crippen LogP contribution >= 0.6 is 21.7 Å². The average molecular weight is 250 g/mol. The van der Waals surface area contributed by atoms with Gasteiger partial charge in [0.2, 0.25) is 0 Å². The molecule has 88 valence electrons. The molecule has 0 bridgehead atoms. The number of halogens is 1. The second-order valence-corrected chi connectivity index (χ2v) is 5.11. The normalized spacial score (nSPS) is 22.8. The summed E-state index contributed by atoms with van der Waals surface area (Å²) in [7, 11) is 11.0. The summed E-state index contributed by atoms with van der Waals surface area (Å²) in [6.45, 7) is 2.89. The van der Waals surface area contributed by atoms with Gasteiger partial charge in [0.1, 0.15) is 0 Å². The monoisotopic (exact) mass is 249 g/mol. The minimum Gasteiger partial charge on any atom is -0.390 e. The predicted molar refractivity (Wildman–Crippen MR) is 68.8 cm³/mol. The van der Waals surface area contributed by atoms with Gasteiger partial charge in [0, 0.05) is 30.1 Å². The maximum atomic E-state index is 5.94. The molecule has 0 aliphatic carbocycles. The first-order valence-corrected chi connectivity index (χ1v) is 6.93. The first kappa shape index (κ1) is 13.2. The Labute approximate surface area is 101 Å². The van der Waals surface area contributed by atoms with Crippen LogP contribution in [0.3, 0.4) is 0 Å². The fraction of sp³-hybridized carbons (Fsp3) is 0.800. The van der Waals surface area contributed by atoms with Crippen molar-refractivity contribution in [2.45, 2.75) is 12.8 Å². The minimum atomic E-state index is 0.100. The molecule has 0 aromatic carbocycles. The Kier molecular flexibility index (Phi) is 5.26. The number of nitrogens with two attached hydrogens (primary N) is 1. The van der Waals surface area contributed by atoms with E-state index >= 15 is 0 Å². The molecular weight excluding hydrogens is 230 g/mol. The third kappa shape index (κ3) is 3.03. The van der Waals surface area contributed by atoms with E-state index in [2.05, 4.69) is 17.3 Å². The van der Waals surface area contributed by atoms with Crippen LogP contribution in [-0.4, -0.2) is 38.6 Å². The van der Waals surface area contributed by atoms with Crippen LogP contribution in [0.25, 0.3) is 0 Å². The van der Waals surface area contributed by atoms with Gasteiger partial charge in [-0.3, -0.25) is 0 Å². The average Bonchev–Trinajstić information content (AvgIpc) is 2.28. The van der Waals surface area contributed by atoms with E-state index in [1.54, 1.807) is 0 Å². The molecule has 3 nitrogen and oxygen atoms in total. The molecule has 1 saturated heterocycles. The molecule has 1 aliphatic rings. The number of piperidine rings is 1. The van der Waals surface area contributed by atoms with Crippen molar-refractivity contribution in [2.75, 3.05) is 33.7 Å². The third-order valence-corrected chi connectivity index (χ3v) is 3.93. The van der Waals surface area contributed by atoms with Crippen molar-refractivity contribution >= 4 is 21.7 Å². The van der Waals surface area contributed by atoms with Crippen LogP contribution in [0.2, 0.25) is 0 Å². The maximum absolute atomic E-state index is 5.94. The minimum absolute atomic E-state index is 0.100. The Morgan fingerprint density at radius 1 is 1.60 bits per heavy atom. The largest absolute Gasteiger partial charge is 0.390 e. The fourth-order valence-electron chi connectivity index (χ4n) is 2.12. The molecule has 5 heteroatoms. The van der Waals surface area contributed by atoms with E-state index in [0.717, 1.165) is 25.9 Å². The van der Waals surface area contributed by atoms with Crippen molar-refractivity contribution in [3.63, 3.8) is 0 Å². The summed E-state index contributed by atoms with van der Waals surface area (Å²) in [6.07, 6.45) is 2.20. The molecule has 3 N–H and O–H groups in total. The summed E-state index contributed by atoms with van der Waals surface area (Å²) in [5.41, 5.74) is 7.22. The molecule has 0 atom stereocenters. The van der Waals surface area contributed by atoms with E-state index in [1.165, 1.54) is 16.7 Å². The first-order chi connectivity index (χ1) is 7.18. The standard InChI is InChI=1S/C10H20ClN3S/c1-13-9(7-15-11)10(8-12)3-5-14(2)6-4-10/h7,13H,3-6,8,12H2,1-2H3/b9-7-. The van der Waals surface area contributed by atoms with Crippen molar-refractivity contribution in [1.82, 2.24) is 10.2 Å². The van der Waals surface area contributed by atoms with Gasteiger partial charge in [-0.15, -0.1) is 0 Å². The van der Waals surface area contributed by atoms with Gasteiger partial charge in [0.25, 0.3) is 0 Å². The number of nitrogens with one attached hydrogen (secondary N) is 1. The highest BCUT2D eigenvalue weighted by molar-refractivity contribution is 8.23. The van der Waals surface area contributed by atoms with Crippen molar-refractivity contribution < 1.29 is 0 Å². The number of hydrogen-bond donors (Lipinski definition) is 2. The van der Waals surface area contributed by atoms with Crippen molar-refractivity contribution in [3.8, 4) is 0 Å². The van der Waals surface area contributed by atoms with E-state index < -0.39 is 0 Å². The Morgan fingerprint density at radius 2 is 2.20 bits per heavy atom. The van der Waals surface area contributed by atoms with E-state index in [9.17, 15) is 0 Å². The van der Waals surface area contributed by atoms with Crippen LogP contribution in [0.4, 0.5) is 0 Å². The summed E-state index contributed by atoms with van der Waals surface area (Å²) in [4.78, 5) is 2.34. The fourth-order valence-corrected chi connectivity index (χ4v) is 2.85. The second-order valence-electron chi connectivity index (χ2n) is 4.16. The van der Waals surface area contributed by atoms with Gasteiger partial charge in [-0.1, -0.05) is 0 Å². The van der Waals surface area contributed by atoms with Crippen LogP contribution in [0.5, 0.6) is 0 Å². The number of likely N-dealkylation sites (tertiary alicyclic amines) is 1. The summed E-state index contributed by atoms with van der Waals surface area (Å²) in [5, 5.41) is 5.21. The molecule has 0 unspecified atom stereocenters. The molecular formula is C10H20ClN3S. The molecule has 1 aliphatic heterocycles. The Bertz CT molecular complexity index is 225. The lowest BCUT2D eigenvalue weighted by molar-refractivity contribution is 0.155. The molecule has 1 rings (SSSR count). The number of hydrogen-bond acceptors (Lipinski definition) is 4. The Balaban J connectivity index is 2.79. The van der Waals surface area contributed by atoms with E-state index in [0.29, 0.717) is 6.54 Å². The van der Waals surface area contributed by atoms with E-state index in [1.807, 2.05) is 12.5 Å². The topological polar surface area (TPSA) is 41.3 Å². The van der Waals surface area contributed by atoms with Crippen molar-refractivity contribution in [1.29, 1.82) is 0 Å². The molecule has 15 heavy (non-hydrogen) atoms. The summed E-state index contributed by atoms with van der Waals surface area (Å²) in [6, 6.07) is 0. The molecule has 0 saturated carbocycles. The zero-order chi connectivity index (χ0) is 11.3. The summed E-state index contributed by atoms with van der Waals surface area (Å²) < 4.78 is 0. The quantitative estimate of drug-likeness (QED) is 0.794. The highest BCUT2D eigenvalue weighted by Crippen LogP contribution is 2.37. The maximum Gasteiger partial charge on any atom is 0.0257 e. The van der Waals surface area contributed by atoms with Crippen LogP contribution in [0, 0.1) is 5.41 Å². The Hall–Kier alpha value is 0.1000. The van der Waals surface area contributed by atoms with Gasteiger partial charge in [-0.2, -0.15) is 0 Å². The number of rotatable bonds is 4. The van der Waals surface area contributed by atoms with Crippen LogP contribution in [-0.2, 0) is 0 Å². The predicted octanol–water partition coefficient (Wildman–Crippen LogP) is 1.60. The zero-order valence-electron chi connectivity index (χ0n) is 9.42. The molecule has 0 aromatic rings. The van der Waals surface area contributed by atoms with Gasteiger partial charge in [0.05, 0.1) is 0 Å². The van der Waals surface area contributed by atoms with Gasteiger partial charge >= 0.3 is 0 Å². The van der Waals surface area contributed by atoms with Gasteiger partial charge in [-0.25, -0.2) is 0 Å². The smallest absolute Gasteiger partial charge is 0.0257 e. The van der Waals surface area contributed by atoms with Gasteiger partial charge in [0.15, 0.2) is 0 Å². The lowest BCUT2D eigenvalue weighted by Crippen LogP contribution is -2.46. The molecule has 0 spiro atoms. The molecule has 1 fully saturated rings. The summed E-state index contributed by atoms with van der Waals surface area (Å²) in [5.74, 6) is 0. The van der Waals surface area contributed by atoms with Crippen LogP contribution in [0.1, 0.15) is 12.8 Å². The molecule has 0 amide bonds. The lowest BCUT2D eigenvalue weighted by atomic mass is 9.76. The highest BCUT2D eigenvalue weighted by atomic mass is 35.7. The van der Waals surface area contributed by atoms with Crippen molar-refractivity contribution in [2.24, 2.45) is 11.1 Å². The molecule has 1 heterocycles. The van der Waals surface area contributed by atoms with Gasteiger partial charge < -0.3 is 16.0 Å². The van der Waals surface area contributed by atoms with Gasteiger partial charge in [-0.05, 0) is 54.6 Å². The lowest BCUT2D eigenvalue weighted by Gasteiger charge is -2.41. The second kappa shape index (κ2) is 5.99. The molecule has 0 aromatic heterocycles. The highest BCUT2D eigenvalue weighted by Gasteiger charge is 2.35. The summed E-state index contributed by atoms with van der Waals surface area (Å²) >= 11 is 0. The van der Waals surface area contributed by atoms with E-state index in [-0.39, 0.29) is 5.41 Å². The van der Waals surface area contributed by atoms with Crippen LogP contribution < -0.4 is 11.1 Å². The molecule has 0 radical (unpaired) electrons. The first-order valence-electron chi connectivity index (χ1n) is 5.23. The zero-order valence-corrected chi connectivity index (χ0v) is 11.0. The number of nitrogens with zero attached hydrogens (tertiary/aromatic N) is 1. The van der Waals surface area contributed by atoms with Crippen LogP contribution in [0.15, 0.2) is 11.1 Å². The Morgan fingerprint density at radius 3 is 2.60 bits per heavy atom.